The summed E-state index contributed by atoms with van der Waals surface area (Å²) in [4.78, 5) is 14.2. The first-order valence-corrected chi connectivity index (χ1v) is 6.87. The first-order valence-electron chi connectivity index (χ1n) is 6.87. The van der Waals surface area contributed by atoms with E-state index in [9.17, 15) is 4.79 Å². The lowest BCUT2D eigenvalue weighted by Gasteiger charge is -2.17. The second-order valence-electron chi connectivity index (χ2n) is 5.63. The highest BCUT2D eigenvalue weighted by Crippen LogP contribution is 2.30. The molecule has 1 heterocycles. The van der Waals surface area contributed by atoms with Crippen LogP contribution >= 0.6 is 0 Å². The van der Waals surface area contributed by atoms with Crippen molar-refractivity contribution in [1.82, 2.24) is 4.90 Å². The topological polar surface area (TPSA) is 46.3 Å². The SMILES string of the molecule is Nc1ccc2c(c1)CN(C(=O)CC1CCCC1)C2. The summed E-state index contributed by atoms with van der Waals surface area (Å²) < 4.78 is 0. The summed E-state index contributed by atoms with van der Waals surface area (Å²) in [5, 5.41) is 0. The minimum Gasteiger partial charge on any atom is -0.399 e. The molecule has 0 aromatic heterocycles. The lowest BCUT2D eigenvalue weighted by atomic mass is 10.0. The van der Waals surface area contributed by atoms with Gasteiger partial charge in [-0.2, -0.15) is 0 Å². The molecule has 1 saturated carbocycles. The molecule has 0 radical (unpaired) electrons. The van der Waals surface area contributed by atoms with Gasteiger partial charge in [0.05, 0.1) is 0 Å². The number of hydrogen-bond donors (Lipinski definition) is 1. The Balaban J connectivity index is 1.64. The van der Waals surface area contributed by atoms with Crippen LogP contribution in [0.5, 0.6) is 0 Å². The number of nitrogens with zero attached hydrogens (tertiary/aromatic N) is 1. The number of anilines is 1. The number of carbonyl (C=O) groups is 1. The Bertz CT molecular complexity index is 464. The Morgan fingerprint density at radius 3 is 2.72 bits per heavy atom. The molecular formula is C15H20N2O. The second-order valence-corrected chi connectivity index (χ2v) is 5.63. The Morgan fingerprint density at radius 1 is 1.22 bits per heavy atom. The average molecular weight is 244 g/mol. The van der Waals surface area contributed by atoms with E-state index in [2.05, 4.69) is 0 Å². The van der Waals surface area contributed by atoms with E-state index in [1.54, 1.807) is 0 Å². The lowest BCUT2D eigenvalue weighted by molar-refractivity contribution is -0.132. The van der Waals surface area contributed by atoms with Crippen molar-refractivity contribution in [3.63, 3.8) is 0 Å². The van der Waals surface area contributed by atoms with E-state index in [0.29, 0.717) is 11.8 Å². The molecular weight excluding hydrogens is 224 g/mol. The van der Waals surface area contributed by atoms with Crippen molar-refractivity contribution in [3.8, 4) is 0 Å². The van der Waals surface area contributed by atoms with Crippen molar-refractivity contribution < 1.29 is 4.79 Å². The first-order chi connectivity index (χ1) is 8.72. The van der Waals surface area contributed by atoms with E-state index in [0.717, 1.165) is 25.2 Å². The van der Waals surface area contributed by atoms with Gasteiger partial charge in [-0.05, 0) is 42.0 Å². The maximum Gasteiger partial charge on any atom is 0.223 e. The number of hydrogen-bond acceptors (Lipinski definition) is 2. The quantitative estimate of drug-likeness (QED) is 0.813. The Labute approximate surface area is 108 Å². The van der Waals surface area contributed by atoms with Gasteiger partial charge in [0.25, 0.3) is 0 Å². The van der Waals surface area contributed by atoms with Gasteiger partial charge in [-0.15, -0.1) is 0 Å². The van der Waals surface area contributed by atoms with Crippen molar-refractivity contribution in [2.24, 2.45) is 5.92 Å². The van der Waals surface area contributed by atoms with Crippen LogP contribution in [0, 0.1) is 5.92 Å². The van der Waals surface area contributed by atoms with Gasteiger partial charge in [0.15, 0.2) is 0 Å². The van der Waals surface area contributed by atoms with E-state index < -0.39 is 0 Å². The highest BCUT2D eigenvalue weighted by Gasteiger charge is 2.26. The van der Waals surface area contributed by atoms with Crippen LogP contribution < -0.4 is 5.73 Å². The Hall–Kier alpha value is -1.51. The van der Waals surface area contributed by atoms with E-state index in [4.69, 9.17) is 5.73 Å². The van der Waals surface area contributed by atoms with Crippen LogP contribution in [0.15, 0.2) is 18.2 Å². The third kappa shape index (κ3) is 2.22. The predicted molar refractivity (Wildman–Crippen MR) is 71.7 cm³/mol. The van der Waals surface area contributed by atoms with E-state index in [-0.39, 0.29) is 0 Å². The first kappa shape index (κ1) is 11.6. The van der Waals surface area contributed by atoms with Crippen LogP contribution in [0.2, 0.25) is 0 Å². The summed E-state index contributed by atoms with van der Waals surface area (Å²) in [5.41, 5.74) is 9.04. The summed E-state index contributed by atoms with van der Waals surface area (Å²) in [5.74, 6) is 0.947. The van der Waals surface area contributed by atoms with E-state index in [1.807, 2.05) is 23.1 Å². The molecule has 2 aliphatic rings. The molecule has 1 fully saturated rings. The largest absolute Gasteiger partial charge is 0.399 e. The van der Waals surface area contributed by atoms with Crippen LogP contribution in [0.1, 0.15) is 43.2 Å². The number of nitrogens with two attached hydrogens (primary N) is 1. The zero-order chi connectivity index (χ0) is 12.5. The van der Waals surface area contributed by atoms with E-state index >= 15 is 0 Å². The molecule has 0 atom stereocenters. The smallest absolute Gasteiger partial charge is 0.223 e. The van der Waals surface area contributed by atoms with Crippen molar-refractivity contribution in [2.75, 3.05) is 5.73 Å². The van der Waals surface area contributed by atoms with Gasteiger partial charge in [-0.1, -0.05) is 18.9 Å². The zero-order valence-corrected chi connectivity index (χ0v) is 10.7. The molecule has 1 amide bonds. The molecule has 0 spiro atoms. The molecule has 2 N–H and O–H groups in total. The molecule has 1 aromatic rings. The number of rotatable bonds is 2. The fraction of sp³-hybridized carbons (Fsp3) is 0.533. The molecule has 96 valence electrons. The molecule has 1 aromatic carbocycles. The van der Waals surface area contributed by atoms with Crippen LogP contribution in [-0.2, 0) is 17.9 Å². The third-order valence-corrected chi connectivity index (χ3v) is 4.24. The normalized spacial score (nSPS) is 19.2. The molecule has 3 heteroatoms. The van der Waals surface area contributed by atoms with E-state index in [1.165, 1.54) is 36.8 Å². The predicted octanol–water partition coefficient (Wildman–Crippen LogP) is 2.69. The van der Waals surface area contributed by atoms with Crippen LogP contribution in [0.4, 0.5) is 5.69 Å². The summed E-state index contributed by atoms with van der Waals surface area (Å²) in [6.45, 7) is 1.51. The van der Waals surface area contributed by atoms with Gasteiger partial charge in [0.1, 0.15) is 0 Å². The highest BCUT2D eigenvalue weighted by atomic mass is 16.2. The monoisotopic (exact) mass is 244 g/mol. The molecule has 3 nitrogen and oxygen atoms in total. The summed E-state index contributed by atoms with van der Waals surface area (Å²) >= 11 is 0. The van der Waals surface area contributed by atoms with Crippen molar-refractivity contribution in [3.05, 3.63) is 29.3 Å². The summed E-state index contributed by atoms with van der Waals surface area (Å²) in [6, 6.07) is 5.97. The molecule has 0 saturated heterocycles. The fourth-order valence-electron chi connectivity index (χ4n) is 3.18. The summed E-state index contributed by atoms with van der Waals surface area (Å²) in [6.07, 6.45) is 5.81. The maximum atomic E-state index is 12.2. The number of nitrogen functional groups attached to an aromatic ring is 1. The number of amides is 1. The van der Waals surface area contributed by atoms with Crippen LogP contribution in [0.25, 0.3) is 0 Å². The molecule has 0 unspecified atom stereocenters. The van der Waals surface area contributed by atoms with Crippen molar-refractivity contribution in [1.29, 1.82) is 0 Å². The fourth-order valence-corrected chi connectivity index (χ4v) is 3.18. The summed E-state index contributed by atoms with van der Waals surface area (Å²) in [7, 11) is 0. The van der Waals surface area contributed by atoms with Gasteiger partial charge < -0.3 is 10.6 Å². The molecule has 0 bridgehead atoms. The maximum absolute atomic E-state index is 12.2. The van der Waals surface area contributed by atoms with Gasteiger partial charge >= 0.3 is 0 Å². The van der Waals surface area contributed by atoms with Gasteiger partial charge in [0, 0.05) is 25.2 Å². The van der Waals surface area contributed by atoms with Gasteiger partial charge in [0.2, 0.25) is 5.91 Å². The minimum atomic E-state index is 0.316. The number of carbonyl (C=O) groups excluding carboxylic acids is 1. The van der Waals surface area contributed by atoms with Crippen molar-refractivity contribution >= 4 is 11.6 Å². The zero-order valence-electron chi connectivity index (χ0n) is 10.7. The second kappa shape index (κ2) is 4.63. The Kier molecular flexibility index (Phi) is 2.98. The molecule has 18 heavy (non-hydrogen) atoms. The highest BCUT2D eigenvalue weighted by molar-refractivity contribution is 5.77. The van der Waals surface area contributed by atoms with Crippen LogP contribution in [-0.4, -0.2) is 10.8 Å². The standard InChI is InChI=1S/C15H20N2O/c16-14-6-5-12-9-17(10-13(12)8-14)15(18)7-11-3-1-2-4-11/h5-6,8,11H,1-4,7,9-10,16H2. The van der Waals surface area contributed by atoms with Crippen LogP contribution in [0.3, 0.4) is 0 Å². The average Bonchev–Trinajstić information content (AvgIpc) is 2.96. The van der Waals surface area contributed by atoms with Crippen molar-refractivity contribution in [2.45, 2.75) is 45.2 Å². The minimum absolute atomic E-state index is 0.316. The molecule has 1 aliphatic carbocycles. The molecule has 3 rings (SSSR count). The Morgan fingerprint density at radius 2 is 1.94 bits per heavy atom. The lowest BCUT2D eigenvalue weighted by Crippen LogP contribution is -2.26. The number of fused-ring (bicyclic) bond motifs is 1. The van der Waals surface area contributed by atoms with Gasteiger partial charge in [-0.3, -0.25) is 4.79 Å². The van der Waals surface area contributed by atoms with Gasteiger partial charge in [-0.25, -0.2) is 0 Å². The molecule has 1 aliphatic heterocycles. The number of benzene rings is 1. The third-order valence-electron chi connectivity index (χ3n) is 4.24.